The van der Waals surface area contributed by atoms with Gasteiger partial charge in [-0.2, -0.15) is 5.10 Å². The SMILES string of the molecule is CCC(C)n1nc(C)c2c1NC(=O)[C@H](NC(=O)c1cccc(C)c1)[C@H]2c1ccc(F)cc1. The molecule has 2 amide bonds. The third-order valence-electron chi connectivity index (χ3n) is 6.10. The van der Waals surface area contributed by atoms with Crippen LogP contribution >= 0.6 is 0 Å². The number of benzene rings is 2. The summed E-state index contributed by atoms with van der Waals surface area (Å²) in [7, 11) is 0. The number of halogens is 1. The van der Waals surface area contributed by atoms with E-state index in [0.717, 1.165) is 28.8 Å². The first-order chi connectivity index (χ1) is 15.3. The lowest BCUT2D eigenvalue weighted by molar-refractivity contribution is -0.118. The Morgan fingerprint density at radius 1 is 1.22 bits per heavy atom. The standard InChI is InChI=1S/C25H27FN4O2/c1-5-15(3)30-23-20(16(4)29-30)21(17-9-11-19(26)12-10-17)22(25(32)28-23)27-24(31)18-8-6-7-14(2)13-18/h6-13,15,21-22H,5H2,1-4H3,(H,27,31)(H,28,32)/t15?,21-,22+/m0/s1. The molecule has 0 fully saturated rings. The average molecular weight is 435 g/mol. The molecule has 1 aliphatic rings. The Bertz CT molecular complexity index is 1170. The molecule has 0 saturated carbocycles. The molecule has 0 saturated heterocycles. The minimum Gasteiger partial charge on any atom is -0.339 e. The number of nitrogens with zero attached hydrogens (tertiary/aromatic N) is 2. The van der Waals surface area contributed by atoms with E-state index < -0.39 is 12.0 Å². The van der Waals surface area contributed by atoms with Gasteiger partial charge in [-0.3, -0.25) is 9.59 Å². The first-order valence-corrected chi connectivity index (χ1v) is 10.8. The van der Waals surface area contributed by atoms with Gasteiger partial charge in [0.05, 0.1) is 11.7 Å². The number of hydrogen-bond donors (Lipinski definition) is 2. The van der Waals surface area contributed by atoms with Crippen LogP contribution in [-0.4, -0.2) is 27.6 Å². The largest absolute Gasteiger partial charge is 0.339 e. The molecule has 3 atom stereocenters. The minimum atomic E-state index is -0.866. The van der Waals surface area contributed by atoms with Crippen LogP contribution in [0, 0.1) is 19.7 Å². The molecule has 0 bridgehead atoms. The summed E-state index contributed by atoms with van der Waals surface area (Å²) in [5.74, 6) is -0.876. The van der Waals surface area contributed by atoms with E-state index in [9.17, 15) is 14.0 Å². The van der Waals surface area contributed by atoms with Gasteiger partial charge in [-0.15, -0.1) is 0 Å². The third kappa shape index (κ3) is 3.90. The predicted molar refractivity (Wildman–Crippen MR) is 121 cm³/mol. The topological polar surface area (TPSA) is 76.0 Å². The summed E-state index contributed by atoms with van der Waals surface area (Å²) < 4.78 is 15.5. The van der Waals surface area contributed by atoms with Crippen molar-refractivity contribution in [2.24, 2.45) is 0 Å². The zero-order valence-corrected chi connectivity index (χ0v) is 18.6. The summed E-state index contributed by atoms with van der Waals surface area (Å²) in [6.45, 7) is 7.90. The lowest BCUT2D eigenvalue weighted by Gasteiger charge is -2.33. The van der Waals surface area contributed by atoms with Crippen LogP contribution in [0.1, 0.15) is 65.0 Å². The molecule has 2 aromatic carbocycles. The number of anilines is 1. The van der Waals surface area contributed by atoms with Gasteiger partial charge < -0.3 is 10.6 Å². The van der Waals surface area contributed by atoms with E-state index in [1.54, 1.807) is 30.3 Å². The Morgan fingerprint density at radius 3 is 2.59 bits per heavy atom. The molecule has 166 valence electrons. The molecule has 3 aromatic rings. The molecule has 0 spiro atoms. The van der Waals surface area contributed by atoms with E-state index in [-0.39, 0.29) is 23.7 Å². The number of aryl methyl sites for hydroxylation is 2. The Balaban J connectivity index is 1.81. The fourth-order valence-electron chi connectivity index (χ4n) is 4.25. The summed E-state index contributed by atoms with van der Waals surface area (Å²) >= 11 is 0. The Morgan fingerprint density at radius 2 is 1.94 bits per heavy atom. The number of rotatable bonds is 5. The molecule has 1 aromatic heterocycles. The van der Waals surface area contributed by atoms with Crippen LogP contribution < -0.4 is 10.6 Å². The molecule has 1 unspecified atom stereocenters. The Kier molecular flexibility index (Phi) is 5.82. The molecule has 2 heterocycles. The summed E-state index contributed by atoms with van der Waals surface area (Å²) in [5, 5.41) is 10.6. The third-order valence-corrected chi connectivity index (χ3v) is 6.10. The number of amides is 2. The summed E-state index contributed by atoms with van der Waals surface area (Å²) in [5.41, 5.74) is 3.78. The lowest BCUT2D eigenvalue weighted by Crippen LogP contribution is -2.50. The number of carbonyl (C=O) groups is 2. The smallest absolute Gasteiger partial charge is 0.251 e. The second kappa shape index (κ2) is 8.57. The van der Waals surface area contributed by atoms with Crippen molar-refractivity contribution in [1.29, 1.82) is 0 Å². The molecular formula is C25H27FN4O2. The Labute approximate surface area is 186 Å². The molecule has 0 aliphatic carbocycles. The summed E-state index contributed by atoms with van der Waals surface area (Å²) in [6, 6.07) is 12.5. The van der Waals surface area contributed by atoms with Crippen molar-refractivity contribution in [3.63, 3.8) is 0 Å². The van der Waals surface area contributed by atoms with Gasteiger partial charge in [0.15, 0.2) is 0 Å². The zero-order valence-electron chi connectivity index (χ0n) is 18.6. The van der Waals surface area contributed by atoms with Crippen molar-refractivity contribution in [3.8, 4) is 0 Å². The number of nitrogens with one attached hydrogen (secondary N) is 2. The van der Waals surface area contributed by atoms with Crippen LogP contribution in [-0.2, 0) is 4.79 Å². The first kappa shape index (κ1) is 21.7. The quantitative estimate of drug-likeness (QED) is 0.621. The number of fused-ring (bicyclic) bond motifs is 1. The van der Waals surface area contributed by atoms with Gasteiger partial charge in [-0.1, -0.05) is 36.8 Å². The van der Waals surface area contributed by atoms with Gasteiger partial charge in [0, 0.05) is 17.0 Å². The summed E-state index contributed by atoms with van der Waals surface area (Å²) in [6.07, 6.45) is 0.845. The Hall–Kier alpha value is -3.48. The van der Waals surface area contributed by atoms with Gasteiger partial charge in [-0.05, 0) is 57.0 Å². The van der Waals surface area contributed by atoms with E-state index in [1.807, 2.05) is 31.5 Å². The highest BCUT2D eigenvalue weighted by molar-refractivity contribution is 6.04. The fourth-order valence-corrected chi connectivity index (χ4v) is 4.25. The van der Waals surface area contributed by atoms with E-state index in [1.165, 1.54) is 12.1 Å². The molecule has 2 N–H and O–H groups in total. The molecule has 1 aliphatic heterocycles. The van der Waals surface area contributed by atoms with E-state index in [0.29, 0.717) is 11.4 Å². The molecule has 32 heavy (non-hydrogen) atoms. The second-order valence-corrected chi connectivity index (χ2v) is 8.39. The number of hydrogen-bond acceptors (Lipinski definition) is 3. The van der Waals surface area contributed by atoms with Crippen LogP contribution in [0.4, 0.5) is 10.2 Å². The van der Waals surface area contributed by atoms with Gasteiger partial charge in [0.25, 0.3) is 5.91 Å². The maximum atomic E-state index is 13.7. The van der Waals surface area contributed by atoms with Crippen molar-refractivity contribution in [2.75, 3.05) is 5.32 Å². The van der Waals surface area contributed by atoms with Crippen LogP contribution in [0.5, 0.6) is 0 Å². The number of carbonyl (C=O) groups excluding carboxylic acids is 2. The maximum Gasteiger partial charge on any atom is 0.251 e. The van der Waals surface area contributed by atoms with Crippen molar-refractivity contribution in [1.82, 2.24) is 15.1 Å². The fraction of sp³-hybridized carbons (Fsp3) is 0.320. The first-order valence-electron chi connectivity index (χ1n) is 10.8. The lowest BCUT2D eigenvalue weighted by atomic mass is 9.81. The van der Waals surface area contributed by atoms with Gasteiger partial charge >= 0.3 is 0 Å². The average Bonchev–Trinajstić information content (AvgIpc) is 3.10. The van der Waals surface area contributed by atoms with Crippen LogP contribution in [0.15, 0.2) is 48.5 Å². The minimum absolute atomic E-state index is 0.0880. The van der Waals surface area contributed by atoms with Crippen molar-refractivity contribution in [2.45, 2.75) is 52.1 Å². The molecule has 0 radical (unpaired) electrons. The highest BCUT2D eigenvalue weighted by Gasteiger charge is 2.42. The predicted octanol–water partition coefficient (Wildman–Crippen LogP) is 4.49. The highest BCUT2D eigenvalue weighted by Crippen LogP contribution is 2.41. The molecule has 7 heteroatoms. The molecule has 6 nitrogen and oxygen atoms in total. The summed E-state index contributed by atoms with van der Waals surface area (Å²) in [4.78, 5) is 26.3. The van der Waals surface area contributed by atoms with E-state index >= 15 is 0 Å². The normalized spacial score (nSPS) is 18.6. The van der Waals surface area contributed by atoms with Gasteiger partial charge in [-0.25, -0.2) is 9.07 Å². The van der Waals surface area contributed by atoms with E-state index in [4.69, 9.17) is 0 Å². The van der Waals surface area contributed by atoms with Crippen molar-refractivity contribution < 1.29 is 14.0 Å². The van der Waals surface area contributed by atoms with Crippen molar-refractivity contribution in [3.05, 3.63) is 82.3 Å². The van der Waals surface area contributed by atoms with Crippen LogP contribution in [0.2, 0.25) is 0 Å². The van der Waals surface area contributed by atoms with Crippen molar-refractivity contribution >= 4 is 17.6 Å². The monoisotopic (exact) mass is 434 g/mol. The molecular weight excluding hydrogens is 407 g/mol. The maximum absolute atomic E-state index is 13.7. The van der Waals surface area contributed by atoms with Crippen LogP contribution in [0.25, 0.3) is 0 Å². The van der Waals surface area contributed by atoms with Crippen LogP contribution in [0.3, 0.4) is 0 Å². The second-order valence-electron chi connectivity index (χ2n) is 8.39. The number of aromatic nitrogens is 2. The van der Waals surface area contributed by atoms with E-state index in [2.05, 4.69) is 22.7 Å². The van der Waals surface area contributed by atoms with Gasteiger partial charge in [0.2, 0.25) is 5.91 Å². The van der Waals surface area contributed by atoms with Gasteiger partial charge in [0.1, 0.15) is 17.7 Å². The highest BCUT2D eigenvalue weighted by atomic mass is 19.1. The zero-order chi connectivity index (χ0) is 23.0. The molecule has 4 rings (SSSR count).